The summed E-state index contributed by atoms with van der Waals surface area (Å²) in [4.78, 5) is 0. The highest BCUT2D eigenvalue weighted by Crippen LogP contribution is 2.56. The molecular weight excluding hydrogens is 364 g/mol. The third-order valence-corrected chi connectivity index (χ3v) is 8.14. The first-order valence-electron chi connectivity index (χ1n) is 11.6. The Bertz CT molecular complexity index is 1210. The number of fused-ring (bicyclic) bond motifs is 3. The Labute approximate surface area is 177 Å². The second-order valence-electron chi connectivity index (χ2n) is 10.2. The Morgan fingerprint density at radius 3 is 2.03 bits per heavy atom. The minimum Gasteiger partial charge on any atom is -0.380 e. The first-order valence-corrected chi connectivity index (χ1v) is 11.6. The molecule has 0 amide bonds. The van der Waals surface area contributed by atoms with Gasteiger partial charge in [-0.05, 0) is 86.6 Å². The van der Waals surface area contributed by atoms with Crippen LogP contribution in [-0.4, -0.2) is 10.1 Å². The van der Waals surface area contributed by atoms with Crippen LogP contribution in [0.2, 0.25) is 0 Å². The standard InChI is InChI=1S/C28H28N2/c1-2-6-23(7-3-1)30-26-9-5-4-8-24(26)25-11-10-22(15-27(25)30)29-28-16-19-12-20(17-28)14-21(13-19)18-28/h1-11,15,19-21,29H,12-14,16-18H2. The summed E-state index contributed by atoms with van der Waals surface area (Å²) in [6, 6.07) is 26.6. The van der Waals surface area contributed by atoms with Crippen LogP contribution in [0.4, 0.5) is 5.69 Å². The van der Waals surface area contributed by atoms with Gasteiger partial charge in [-0.15, -0.1) is 0 Å². The van der Waals surface area contributed by atoms with E-state index in [2.05, 4.69) is 82.7 Å². The van der Waals surface area contributed by atoms with E-state index in [1.807, 2.05) is 0 Å². The predicted molar refractivity (Wildman–Crippen MR) is 125 cm³/mol. The maximum absolute atomic E-state index is 4.09. The largest absolute Gasteiger partial charge is 0.380 e. The summed E-state index contributed by atoms with van der Waals surface area (Å²) in [7, 11) is 0. The van der Waals surface area contributed by atoms with Crippen molar-refractivity contribution in [2.45, 2.75) is 44.1 Å². The van der Waals surface area contributed by atoms with Crippen LogP contribution >= 0.6 is 0 Å². The van der Waals surface area contributed by atoms with E-state index in [1.54, 1.807) is 0 Å². The second kappa shape index (κ2) is 6.14. The van der Waals surface area contributed by atoms with Crippen LogP contribution < -0.4 is 5.32 Å². The van der Waals surface area contributed by atoms with Crippen LogP contribution in [0.15, 0.2) is 72.8 Å². The Morgan fingerprint density at radius 2 is 1.30 bits per heavy atom. The average Bonchev–Trinajstić information content (AvgIpc) is 3.06. The molecule has 4 saturated carbocycles. The third-order valence-electron chi connectivity index (χ3n) is 8.14. The molecule has 150 valence electrons. The molecule has 1 heterocycles. The lowest BCUT2D eigenvalue weighted by Crippen LogP contribution is -2.54. The molecule has 0 saturated heterocycles. The van der Waals surface area contributed by atoms with Crippen molar-refractivity contribution in [3.8, 4) is 5.69 Å². The zero-order valence-corrected chi connectivity index (χ0v) is 17.4. The molecule has 8 rings (SSSR count). The summed E-state index contributed by atoms with van der Waals surface area (Å²) in [5.74, 6) is 2.88. The lowest BCUT2D eigenvalue weighted by atomic mass is 9.53. The number of benzene rings is 3. The van der Waals surface area contributed by atoms with E-state index < -0.39 is 0 Å². The van der Waals surface area contributed by atoms with Gasteiger partial charge in [-0.25, -0.2) is 0 Å². The normalized spacial score (nSPS) is 29.7. The van der Waals surface area contributed by atoms with Gasteiger partial charge in [0.1, 0.15) is 0 Å². The summed E-state index contributed by atoms with van der Waals surface area (Å²) in [5.41, 5.74) is 5.45. The minimum atomic E-state index is 0.339. The van der Waals surface area contributed by atoms with E-state index >= 15 is 0 Å². The molecule has 4 fully saturated rings. The maximum Gasteiger partial charge on any atom is 0.0561 e. The van der Waals surface area contributed by atoms with Crippen molar-refractivity contribution in [3.05, 3.63) is 72.8 Å². The van der Waals surface area contributed by atoms with Crippen LogP contribution in [0.1, 0.15) is 38.5 Å². The van der Waals surface area contributed by atoms with Crippen LogP contribution in [0.5, 0.6) is 0 Å². The molecule has 1 aromatic heterocycles. The Morgan fingerprint density at radius 1 is 0.667 bits per heavy atom. The smallest absolute Gasteiger partial charge is 0.0561 e. The SMILES string of the molecule is c1ccc(-n2c3ccccc3c3ccc(NC45CC6CC(CC(C6)C4)C5)cc32)cc1. The Balaban J connectivity index is 1.37. The van der Waals surface area contributed by atoms with Gasteiger partial charge in [0.15, 0.2) is 0 Å². The van der Waals surface area contributed by atoms with Gasteiger partial charge in [-0.1, -0.05) is 42.5 Å². The summed E-state index contributed by atoms with van der Waals surface area (Å²) in [5, 5.41) is 6.76. The number of hydrogen-bond acceptors (Lipinski definition) is 1. The summed E-state index contributed by atoms with van der Waals surface area (Å²) >= 11 is 0. The maximum atomic E-state index is 4.09. The van der Waals surface area contributed by atoms with E-state index in [-0.39, 0.29) is 0 Å². The molecule has 2 nitrogen and oxygen atoms in total. The molecule has 30 heavy (non-hydrogen) atoms. The molecule has 2 heteroatoms. The number of anilines is 1. The average molecular weight is 393 g/mol. The van der Waals surface area contributed by atoms with Gasteiger partial charge >= 0.3 is 0 Å². The van der Waals surface area contributed by atoms with Gasteiger partial charge in [0.25, 0.3) is 0 Å². The van der Waals surface area contributed by atoms with E-state index in [4.69, 9.17) is 0 Å². The number of hydrogen-bond donors (Lipinski definition) is 1. The zero-order chi connectivity index (χ0) is 19.7. The van der Waals surface area contributed by atoms with Crippen LogP contribution in [-0.2, 0) is 0 Å². The molecule has 0 radical (unpaired) electrons. The van der Waals surface area contributed by atoms with Gasteiger partial charge in [0.05, 0.1) is 11.0 Å². The molecule has 4 aliphatic carbocycles. The molecule has 4 aromatic rings. The van der Waals surface area contributed by atoms with Crippen molar-refractivity contribution < 1.29 is 0 Å². The fourth-order valence-electron chi connectivity index (χ4n) is 7.47. The highest BCUT2D eigenvalue weighted by atomic mass is 15.0. The first-order chi connectivity index (χ1) is 14.8. The Kier molecular flexibility index (Phi) is 3.48. The molecule has 4 aliphatic rings. The fraction of sp³-hybridized carbons (Fsp3) is 0.357. The Hall–Kier alpha value is -2.74. The molecule has 0 atom stereocenters. The summed E-state index contributed by atoms with van der Waals surface area (Å²) < 4.78 is 2.43. The zero-order valence-electron chi connectivity index (χ0n) is 17.4. The number of aromatic nitrogens is 1. The molecule has 4 bridgehead atoms. The number of nitrogens with zero attached hydrogens (tertiary/aromatic N) is 1. The highest BCUT2D eigenvalue weighted by molar-refractivity contribution is 6.10. The third kappa shape index (κ3) is 2.49. The number of nitrogens with one attached hydrogen (secondary N) is 1. The van der Waals surface area contributed by atoms with Gasteiger partial charge in [0.2, 0.25) is 0 Å². The van der Waals surface area contributed by atoms with Crippen molar-refractivity contribution in [1.82, 2.24) is 4.57 Å². The van der Waals surface area contributed by atoms with Crippen molar-refractivity contribution >= 4 is 27.5 Å². The van der Waals surface area contributed by atoms with Crippen LogP contribution in [0.3, 0.4) is 0 Å². The minimum absolute atomic E-state index is 0.339. The quantitative estimate of drug-likeness (QED) is 0.391. The van der Waals surface area contributed by atoms with Gasteiger partial charge in [0, 0.05) is 27.7 Å². The van der Waals surface area contributed by atoms with Crippen molar-refractivity contribution in [2.75, 3.05) is 5.32 Å². The van der Waals surface area contributed by atoms with Crippen LogP contribution in [0, 0.1) is 17.8 Å². The monoisotopic (exact) mass is 392 g/mol. The van der Waals surface area contributed by atoms with E-state index in [0.29, 0.717) is 5.54 Å². The molecular formula is C28H28N2. The fourth-order valence-corrected chi connectivity index (χ4v) is 7.47. The van der Waals surface area contributed by atoms with Crippen LogP contribution in [0.25, 0.3) is 27.5 Å². The van der Waals surface area contributed by atoms with Gasteiger partial charge < -0.3 is 9.88 Å². The van der Waals surface area contributed by atoms with Gasteiger partial charge in [-0.2, -0.15) is 0 Å². The molecule has 0 unspecified atom stereocenters. The van der Waals surface area contributed by atoms with E-state index in [0.717, 1.165) is 17.8 Å². The summed E-state index contributed by atoms with van der Waals surface area (Å²) in [6.45, 7) is 0. The topological polar surface area (TPSA) is 17.0 Å². The predicted octanol–water partition coefficient (Wildman–Crippen LogP) is 7.16. The lowest BCUT2D eigenvalue weighted by molar-refractivity contribution is 0.0107. The first kappa shape index (κ1) is 17.0. The van der Waals surface area contributed by atoms with E-state index in [9.17, 15) is 0 Å². The molecule has 0 aliphatic heterocycles. The van der Waals surface area contributed by atoms with E-state index in [1.165, 1.54) is 71.7 Å². The lowest BCUT2D eigenvalue weighted by Gasteiger charge is -2.57. The molecule has 0 spiro atoms. The van der Waals surface area contributed by atoms with Crippen molar-refractivity contribution in [3.63, 3.8) is 0 Å². The highest BCUT2D eigenvalue weighted by Gasteiger charge is 2.50. The second-order valence-corrected chi connectivity index (χ2v) is 10.2. The van der Waals surface area contributed by atoms with Crippen molar-refractivity contribution in [2.24, 2.45) is 17.8 Å². The number of para-hydroxylation sites is 2. The molecule has 1 N–H and O–H groups in total. The molecule has 3 aromatic carbocycles. The van der Waals surface area contributed by atoms with Crippen molar-refractivity contribution in [1.29, 1.82) is 0 Å². The number of rotatable bonds is 3. The summed E-state index contributed by atoms with van der Waals surface area (Å²) in [6.07, 6.45) is 8.59. The van der Waals surface area contributed by atoms with Gasteiger partial charge in [-0.3, -0.25) is 0 Å².